The number of aromatic nitrogens is 2. The molecule has 0 aliphatic carbocycles. The molecule has 2 aromatic rings. The Kier molecular flexibility index (Phi) is 2.77. The second-order valence-corrected chi connectivity index (χ2v) is 4.37. The summed E-state index contributed by atoms with van der Waals surface area (Å²) in [6.07, 6.45) is 0.105. The van der Waals surface area contributed by atoms with E-state index in [9.17, 15) is 9.50 Å². The lowest BCUT2D eigenvalue weighted by Crippen LogP contribution is -2.24. The first kappa shape index (κ1) is 11.6. The minimum atomic E-state index is -0.717. The zero-order valence-corrected chi connectivity index (χ0v) is 9.53. The molecule has 3 atom stereocenters. The number of hydrogen-bond donors (Lipinski definition) is 2. The van der Waals surface area contributed by atoms with Gasteiger partial charge in [0.05, 0.1) is 24.6 Å². The van der Waals surface area contributed by atoms with Crippen molar-refractivity contribution in [2.45, 2.75) is 24.9 Å². The molecule has 6 heteroatoms. The lowest BCUT2D eigenvalue weighted by molar-refractivity contribution is -0.0430. The van der Waals surface area contributed by atoms with Gasteiger partial charge in [-0.05, 0) is 12.1 Å². The molecule has 1 aliphatic heterocycles. The SMILES string of the molecule is OC[C@H]1O[C@@H](n2cnc3c(F)cccc32)C[C@@H]1O. The van der Waals surface area contributed by atoms with Gasteiger partial charge in [0.25, 0.3) is 0 Å². The topological polar surface area (TPSA) is 67.5 Å². The van der Waals surface area contributed by atoms with E-state index in [1.165, 1.54) is 12.4 Å². The Bertz CT molecular complexity index is 571. The molecule has 1 aromatic carbocycles. The van der Waals surface area contributed by atoms with E-state index in [-0.39, 0.29) is 17.9 Å². The predicted octanol–water partition coefficient (Wildman–Crippen LogP) is 0.816. The highest BCUT2D eigenvalue weighted by atomic mass is 19.1. The molecule has 96 valence electrons. The van der Waals surface area contributed by atoms with Crippen molar-refractivity contribution in [1.29, 1.82) is 0 Å². The third-order valence-electron chi connectivity index (χ3n) is 3.25. The third-order valence-corrected chi connectivity index (χ3v) is 3.25. The number of hydrogen-bond acceptors (Lipinski definition) is 4. The number of halogens is 1. The van der Waals surface area contributed by atoms with Crippen LogP contribution < -0.4 is 0 Å². The molecule has 1 fully saturated rings. The maximum atomic E-state index is 13.5. The van der Waals surface area contributed by atoms with Crippen LogP contribution >= 0.6 is 0 Å². The normalized spacial score (nSPS) is 28.1. The Balaban J connectivity index is 1.99. The molecule has 0 saturated carbocycles. The third kappa shape index (κ3) is 1.69. The largest absolute Gasteiger partial charge is 0.394 e. The first-order chi connectivity index (χ1) is 8.70. The second kappa shape index (κ2) is 4.31. The first-order valence-electron chi connectivity index (χ1n) is 5.76. The van der Waals surface area contributed by atoms with Crippen LogP contribution in [-0.4, -0.2) is 38.6 Å². The number of ether oxygens (including phenoxy) is 1. The molecular formula is C12H13FN2O3. The van der Waals surface area contributed by atoms with Crippen molar-refractivity contribution >= 4 is 11.0 Å². The molecule has 0 bridgehead atoms. The van der Waals surface area contributed by atoms with E-state index in [0.717, 1.165) is 0 Å². The number of fused-ring (bicyclic) bond motifs is 1. The minimum Gasteiger partial charge on any atom is -0.394 e. The van der Waals surface area contributed by atoms with Crippen molar-refractivity contribution in [3.05, 3.63) is 30.3 Å². The molecule has 2 N–H and O–H groups in total. The maximum absolute atomic E-state index is 13.5. The first-order valence-corrected chi connectivity index (χ1v) is 5.76. The minimum absolute atomic E-state index is 0.237. The van der Waals surface area contributed by atoms with E-state index >= 15 is 0 Å². The molecule has 0 spiro atoms. The van der Waals surface area contributed by atoms with E-state index in [1.54, 1.807) is 16.7 Å². The van der Waals surface area contributed by atoms with Crippen LogP contribution in [0, 0.1) is 5.82 Å². The molecule has 0 radical (unpaired) electrons. The van der Waals surface area contributed by atoms with Crippen molar-refractivity contribution in [3.63, 3.8) is 0 Å². The lowest BCUT2D eigenvalue weighted by Gasteiger charge is -2.14. The molecule has 0 unspecified atom stereocenters. The molecular weight excluding hydrogens is 239 g/mol. The average Bonchev–Trinajstić information content (AvgIpc) is 2.93. The van der Waals surface area contributed by atoms with Gasteiger partial charge in [-0.3, -0.25) is 0 Å². The van der Waals surface area contributed by atoms with Crippen LogP contribution in [0.2, 0.25) is 0 Å². The van der Waals surface area contributed by atoms with E-state index < -0.39 is 18.4 Å². The molecule has 18 heavy (non-hydrogen) atoms. The van der Waals surface area contributed by atoms with Crippen LogP contribution in [0.4, 0.5) is 4.39 Å². The number of nitrogens with zero attached hydrogens (tertiary/aromatic N) is 2. The second-order valence-electron chi connectivity index (χ2n) is 4.37. The average molecular weight is 252 g/mol. The zero-order chi connectivity index (χ0) is 12.7. The van der Waals surface area contributed by atoms with E-state index in [4.69, 9.17) is 9.84 Å². The number of benzene rings is 1. The number of para-hydroxylation sites is 1. The van der Waals surface area contributed by atoms with Gasteiger partial charge in [0.1, 0.15) is 17.8 Å². The number of imidazole rings is 1. The van der Waals surface area contributed by atoms with Crippen LogP contribution in [0.25, 0.3) is 11.0 Å². The van der Waals surface area contributed by atoms with Gasteiger partial charge in [-0.25, -0.2) is 9.37 Å². The van der Waals surface area contributed by atoms with Gasteiger partial charge in [0.2, 0.25) is 0 Å². The molecule has 1 saturated heterocycles. The van der Waals surface area contributed by atoms with Gasteiger partial charge >= 0.3 is 0 Å². The monoisotopic (exact) mass is 252 g/mol. The van der Waals surface area contributed by atoms with Gasteiger partial charge in [0.15, 0.2) is 5.82 Å². The summed E-state index contributed by atoms with van der Waals surface area (Å²) in [5.41, 5.74) is 0.897. The van der Waals surface area contributed by atoms with Crippen molar-refractivity contribution in [1.82, 2.24) is 9.55 Å². The van der Waals surface area contributed by atoms with E-state index in [0.29, 0.717) is 11.9 Å². The molecule has 5 nitrogen and oxygen atoms in total. The summed E-state index contributed by atoms with van der Waals surface area (Å²) in [5.74, 6) is -0.386. The Morgan fingerprint density at radius 2 is 2.33 bits per heavy atom. The summed E-state index contributed by atoms with van der Waals surface area (Å²) in [5, 5.41) is 18.7. The van der Waals surface area contributed by atoms with Crippen LogP contribution in [-0.2, 0) is 4.74 Å². The highest BCUT2D eigenvalue weighted by Crippen LogP contribution is 2.31. The van der Waals surface area contributed by atoms with E-state index in [2.05, 4.69) is 4.98 Å². The fourth-order valence-electron chi connectivity index (χ4n) is 2.30. The number of aliphatic hydroxyl groups is 2. The standard InChI is InChI=1S/C12H13FN2O3/c13-7-2-1-3-8-12(7)14-6-15(8)11-4-9(17)10(5-16)18-11/h1-3,6,9-11,16-17H,4-5H2/t9-,10+,11+/m0/s1. The van der Waals surface area contributed by atoms with Crippen LogP contribution in [0.1, 0.15) is 12.6 Å². The summed E-state index contributed by atoms with van der Waals surface area (Å²) < 4.78 is 20.7. The molecule has 1 aromatic heterocycles. The van der Waals surface area contributed by atoms with Crippen molar-refractivity contribution in [3.8, 4) is 0 Å². The highest BCUT2D eigenvalue weighted by Gasteiger charge is 2.34. The zero-order valence-electron chi connectivity index (χ0n) is 9.53. The Morgan fingerprint density at radius 3 is 3.06 bits per heavy atom. The molecule has 3 rings (SSSR count). The lowest BCUT2D eigenvalue weighted by atomic mass is 10.2. The number of aliphatic hydroxyl groups excluding tert-OH is 2. The smallest absolute Gasteiger partial charge is 0.151 e. The van der Waals surface area contributed by atoms with Gasteiger partial charge < -0.3 is 19.5 Å². The molecule has 1 aliphatic rings. The van der Waals surface area contributed by atoms with Crippen LogP contribution in [0.5, 0.6) is 0 Å². The Labute approximate surface area is 102 Å². The van der Waals surface area contributed by atoms with Crippen molar-refractivity contribution in [2.75, 3.05) is 6.61 Å². The fraction of sp³-hybridized carbons (Fsp3) is 0.417. The number of rotatable bonds is 2. The van der Waals surface area contributed by atoms with Crippen LogP contribution in [0.3, 0.4) is 0 Å². The maximum Gasteiger partial charge on any atom is 0.151 e. The van der Waals surface area contributed by atoms with Gasteiger partial charge in [-0.2, -0.15) is 0 Å². The van der Waals surface area contributed by atoms with E-state index in [1.807, 2.05) is 0 Å². The summed E-state index contributed by atoms with van der Waals surface area (Å²) >= 11 is 0. The predicted molar refractivity (Wildman–Crippen MR) is 61.3 cm³/mol. The van der Waals surface area contributed by atoms with Crippen LogP contribution in [0.15, 0.2) is 24.5 Å². The summed E-state index contributed by atoms with van der Waals surface area (Å²) in [7, 11) is 0. The molecule has 2 heterocycles. The Morgan fingerprint density at radius 1 is 1.50 bits per heavy atom. The van der Waals surface area contributed by atoms with Gasteiger partial charge in [0, 0.05) is 6.42 Å². The van der Waals surface area contributed by atoms with Gasteiger partial charge in [-0.1, -0.05) is 6.07 Å². The quantitative estimate of drug-likeness (QED) is 0.830. The Hall–Kier alpha value is -1.50. The van der Waals surface area contributed by atoms with Crippen molar-refractivity contribution in [2.24, 2.45) is 0 Å². The van der Waals surface area contributed by atoms with Crippen molar-refractivity contribution < 1.29 is 19.3 Å². The summed E-state index contributed by atoms with van der Waals surface area (Å²) in [4.78, 5) is 4.00. The van der Waals surface area contributed by atoms with Gasteiger partial charge in [-0.15, -0.1) is 0 Å². The summed E-state index contributed by atoms with van der Waals surface area (Å²) in [6.45, 7) is -0.237. The fourth-order valence-corrected chi connectivity index (χ4v) is 2.30. The highest BCUT2D eigenvalue weighted by molar-refractivity contribution is 5.75. The summed E-state index contributed by atoms with van der Waals surface area (Å²) in [6, 6.07) is 4.69. The molecule has 0 amide bonds.